The molecule has 30 heavy (non-hydrogen) atoms. The first-order chi connectivity index (χ1) is 14.4. The number of imide groups is 1. The van der Waals surface area contributed by atoms with Crippen molar-refractivity contribution in [2.45, 2.75) is 32.6 Å². The predicted molar refractivity (Wildman–Crippen MR) is 109 cm³/mol. The van der Waals surface area contributed by atoms with Crippen LogP contribution in [0.1, 0.15) is 31.7 Å². The molecule has 2 amide bonds. The second kappa shape index (κ2) is 12.9. The number of ether oxygens (including phenoxy) is 3. The fraction of sp³-hybridized carbons (Fsp3) is 0.429. The lowest BCUT2D eigenvalue weighted by Gasteiger charge is -2.19. The zero-order chi connectivity index (χ0) is 22.5. The summed E-state index contributed by atoms with van der Waals surface area (Å²) in [4.78, 5) is 41.0. The summed E-state index contributed by atoms with van der Waals surface area (Å²) in [5, 5.41) is 0. The molecule has 0 saturated heterocycles. The van der Waals surface area contributed by atoms with Crippen molar-refractivity contribution in [1.82, 2.24) is 4.90 Å². The van der Waals surface area contributed by atoms with Crippen molar-refractivity contribution in [2.24, 2.45) is 0 Å². The van der Waals surface area contributed by atoms with Gasteiger partial charge in [0.1, 0.15) is 0 Å². The predicted octanol–water partition coefficient (Wildman–Crippen LogP) is 2.19. The van der Waals surface area contributed by atoms with E-state index in [1.807, 2.05) is 0 Å². The lowest BCUT2D eigenvalue weighted by molar-refractivity contribution is -0.147. The largest absolute Gasteiger partial charge is 0.493 e. The van der Waals surface area contributed by atoms with Gasteiger partial charge in [0.15, 0.2) is 11.5 Å². The molecule has 0 aliphatic carbocycles. The van der Waals surface area contributed by atoms with E-state index in [0.29, 0.717) is 30.8 Å². The molecule has 0 aliphatic heterocycles. The Balaban J connectivity index is 3.07. The van der Waals surface area contributed by atoms with Crippen molar-refractivity contribution in [3.8, 4) is 11.5 Å². The Morgan fingerprint density at radius 2 is 1.90 bits per heavy atom. The Labute approximate surface area is 175 Å². The van der Waals surface area contributed by atoms with E-state index >= 15 is 0 Å². The molecule has 0 heterocycles. The number of esters is 1. The second-order valence-corrected chi connectivity index (χ2v) is 6.14. The third-order valence-electron chi connectivity index (χ3n) is 4.19. The van der Waals surface area contributed by atoms with Gasteiger partial charge >= 0.3 is 17.6 Å². The number of nitrogens with zero attached hydrogens (tertiary/aromatic N) is 3. The van der Waals surface area contributed by atoms with Crippen LogP contribution in [0.15, 0.2) is 30.9 Å². The summed E-state index contributed by atoms with van der Waals surface area (Å²) >= 11 is 0. The molecule has 0 spiro atoms. The van der Waals surface area contributed by atoms with Crippen LogP contribution in [0, 0.1) is 0 Å². The summed E-state index contributed by atoms with van der Waals surface area (Å²) in [6.45, 7) is 5.11. The number of hydrogen-bond donors (Lipinski definition) is 0. The minimum atomic E-state index is -1.10. The summed E-state index contributed by atoms with van der Waals surface area (Å²) in [5.41, 5.74) is 9.07. The molecule has 0 bridgehead atoms. The Bertz CT molecular complexity index is 830. The number of hydrogen-bond acceptors (Lipinski definition) is 6. The van der Waals surface area contributed by atoms with Gasteiger partial charge in [0.25, 0.3) is 0 Å². The van der Waals surface area contributed by atoms with Crippen LogP contribution < -0.4 is 9.47 Å². The van der Waals surface area contributed by atoms with Crippen LogP contribution in [0.4, 0.5) is 0 Å². The Kier molecular flexibility index (Phi) is 10.6. The number of benzene rings is 1. The van der Waals surface area contributed by atoms with Gasteiger partial charge in [-0.15, -0.1) is 6.58 Å². The maximum atomic E-state index is 12.8. The van der Waals surface area contributed by atoms with Crippen molar-refractivity contribution >= 4 is 23.5 Å². The van der Waals surface area contributed by atoms with Gasteiger partial charge in [-0.2, -0.15) is 4.79 Å². The number of methoxy groups -OCH3 is 2. The first kappa shape index (κ1) is 24.6. The molecule has 0 N–H and O–H groups in total. The Hall–Kier alpha value is -3.45. The monoisotopic (exact) mass is 417 g/mol. The average molecular weight is 417 g/mol. The standard InChI is InChI=1S/C21H27N3O6/c1-5-7-8-9-18(25)24(20(26)19(23-22)21(27)30-6-2)13-12-15-10-11-16(28-3)17(14-15)29-4/h5,10-11,14H,1,6-9,12-13H2,2-4H3. The highest BCUT2D eigenvalue weighted by atomic mass is 16.5. The topological polar surface area (TPSA) is 119 Å². The Morgan fingerprint density at radius 1 is 1.20 bits per heavy atom. The molecule has 9 nitrogen and oxygen atoms in total. The molecule has 0 fully saturated rings. The molecule has 0 atom stereocenters. The highest BCUT2D eigenvalue weighted by molar-refractivity contribution is 6.62. The minimum absolute atomic E-state index is 0.00986. The van der Waals surface area contributed by atoms with Crippen LogP contribution in [-0.2, 0) is 25.5 Å². The molecule has 1 rings (SSSR count). The summed E-state index contributed by atoms with van der Waals surface area (Å²) in [7, 11) is 3.02. The minimum Gasteiger partial charge on any atom is -0.493 e. The number of carbonyl (C=O) groups is 3. The van der Waals surface area contributed by atoms with Crippen LogP contribution in [0.5, 0.6) is 11.5 Å². The number of carbonyl (C=O) groups excluding carboxylic acids is 3. The van der Waals surface area contributed by atoms with Crippen molar-refractivity contribution < 1.29 is 33.4 Å². The molecule has 0 aromatic heterocycles. The van der Waals surface area contributed by atoms with Crippen LogP contribution in [0.3, 0.4) is 0 Å². The highest BCUT2D eigenvalue weighted by Gasteiger charge is 2.37. The number of allylic oxidation sites excluding steroid dienone is 1. The van der Waals surface area contributed by atoms with Gasteiger partial charge in [0.2, 0.25) is 5.91 Å². The first-order valence-electron chi connectivity index (χ1n) is 9.49. The fourth-order valence-electron chi connectivity index (χ4n) is 2.65. The van der Waals surface area contributed by atoms with Gasteiger partial charge in [0.05, 0.1) is 20.8 Å². The SMILES string of the molecule is C=CCCCC(=O)N(CCc1ccc(OC)c(OC)c1)C(=O)C(=[N+]=[N-])C(=O)OCC. The molecular weight excluding hydrogens is 390 g/mol. The zero-order valence-corrected chi connectivity index (χ0v) is 17.6. The van der Waals surface area contributed by atoms with Gasteiger partial charge in [0, 0.05) is 13.0 Å². The van der Waals surface area contributed by atoms with E-state index in [2.05, 4.69) is 11.4 Å². The maximum absolute atomic E-state index is 12.8. The van der Waals surface area contributed by atoms with E-state index in [1.165, 1.54) is 14.2 Å². The van der Waals surface area contributed by atoms with Crippen LogP contribution in [0.25, 0.3) is 5.53 Å². The van der Waals surface area contributed by atoms with Crippen molar-refractivity contribution in [3.05, 3.63) is 41.9 Å². The highest BCUT2D eigenvalue weighted by Crippen LogP contribution is 2.27. The summed E-state index contributed by atoms with van der Waals surface area (Å²) in [5.74, 6) is -1.55. The van der Waals surface area contributed by atoms with Crippen LogP contribution in [0.2, 0.25) is 0 Å². The summed E-state index contributed by atoms with van der Waals surface area (Å²) in [6.07, 6.45) is 3.13. The van der Waals surface area contributed by atoms with Gasteiger partial charge < -0.3 is 19.7 Å². The zero-order valence-electron chi connectivity index (χ0n) is 17.6. The maximum Gasteiger partial charge on any atom is 0.463 e. The molecule has 0 unspecified atom stereocenters. The van der Waals surface area contributed by atoms with Gasteiger partial charge in [-0.25, -0.2) is 4.79 Å². The fourth-order valence-corrected chi connectivity index (χ4v) is 2.65. The van der Waals surface area contributed by atoms with Crippen molar-refractivity contribution in [3.63, 3.8) is 0 Å². The third-order valence-corrected chi connectivity index (χ3v) is 4.19. The molecule has 9 heteroatoms. The van der Waals surface area contributed by atoms with E-state index in [4.69, 9.17) is 19.7 Å². The van der Waals surface area contributed by atoms with E-state index in [-0.39, 0.29) is 19.6 Å². The second-order valence-electron chi connectivity index (χ2n) is 6.14. The average Bonchev–Trinajstić information content (AvgIpc) is 2.74. The van der Waals surface area contributed by atoms with Gasteiger partial charge in [-0.3, -0.25) is 14.5 Å². The molecule has 1 aromatic rings. The van der Waals surface area contributed by atoms with E-state index in [9.17, 15) is 14.4 Å². The normalized spacial score (nSPS) is 9.83. The number of rotatable bonds is 12. The summed E-state index contributed by atoms with van der Waals surface area (Å²) < 4.78 is 15.2. The van der Waals surface area contributed by atoms with E-state index in [0.717, 1.165) is 10.5 Å². The van der Waals surface area contributed by atoms with Crippen molar-refractivity contribution in [1.29, 1.82) is 0 Å². The molecule has 0 saturated carbocycles. The molecule has 162 valence electrons. The third kappa shape index (κ3) is 6.86. The molecule has 0 aliphatic rings. The van der Waals surface area contributed by atoms with Crippen LogP contribution in [-0.4, -0.2) is 60.6 Å². The quantitative estimate of drug-likeness (QED) is 0.0978. The summed E-state index contributed by atoms with van der Waals surface area (Å²) in [6, 6.07) is 5.22. The van der Waals surface area contributed by atoms with Crippen molar-refractivity contribution in [2.75, 3.05) is 27.4 Å². The number of amides is 2. The number of unbranched alkanes of at least 4 members (excludes halogenated alkanes) is 1. The van der Waals surface area contributed by atoms with E-state index in [1.54, 1.807) is 31.2 Å². The van der Waals surface area contributed by atoms with Gasteiger partial charge in [-0.05, 0) is 43.9 Å². The lowest BCUT2D eigenvalue weighted by Crippen LogP contribution is -2.45. The first-order valence-corrected chi connectivity index (χ1v) is 9.49. The van der Waals surface area contributed by atoms with Gasteiger partial charge in [-0.1, -0.05) is 12.1 Å². The smallest absolute Gasteiger partial charge is 0.463 e. The van der Waals surface area contributed by atoms with Crippen LogP contribution >= 0.6 is 0 Å². The lowest BCUT2D eigenvalue weighted by atomic mass is 10.1. The van der Waals surface area contributed by atoms with E-state index < -0.39 is 23.5 Å². The molecule has 0 radical (unpaired) electrons. The molecular formula is C21H27N3O6. The Morgan fingerprint density at radius 3 is 2.47 bits per heavy atom. The molecule has 1 aromatic carbocycles.